The molecule has 0 saturated heterocycles. The molecule has 0 aromatic carbocycles. The summed E-state index contributed by atoms with van der Waals surface area (Å²) in [6.07, 6.45) is 2.50. The maximum absolute atomic E-state index is 8.89. The summed E-state index contributed by atoms with van der Waals surface area (Å²) in [4.78, 5) is 2.54. The number of nitrogens with zero attached hydrogens (tertiary/aromatic N) is 1. The Bertz CT molecular complexity index is 127. The van der Waals surface area contributed by atoms with Gasteiger partial charge in [0, 0.05) is 18.9 Å². The van der Waals surface area contributed by atoms with Crippen molar-refractivity contribution in [2.45, 2.75) is 33.6 Å². The molecule has 0 saturated carbocycles. The van der Waals surface area contributed by atoms with Crippen molar-refractivity contribution in [2.75, 3.05) is 37.7 Å². The standard InChI is InChI=1S/C12H27NOS/c1-4-6-13(7-5-2)8-9-15-11-12(3)10-14/h12,14H,4-11H2,1-3H3/t12-/m1/s1. The van der Waals surface area contributed by atoms with Crippen molar-refractivity contribution in [3.8, 4) is 0 Å². The molecular weight excluding hydrogens is 206 g/mol. The van der Waals surface area contributed by atoms with Crippen LogP contribution in [0.15, 0.2) is 0 Å². The minimum atomic E-state index is 0.320. The average molecular weight is 233 g/mol. The van der Waals surface area contributed by atoms with Crippen molar-refractivity contribution < 1.29 is 5.11 Å². The maximum atomic E-state index is 8.89. The molecule has 92 valence electrons. The Morgan fingerprint density at radius 2 is 1.73 bits per heavy atom. The lowest BCUT2D eigenvalue weighted by molar-refractivity contribution is 0.250. The fraction of sp³-hybridized carbons (Fsp3) is 1.00. The van der Waals surface area contributed by atoms with Gasteiger partial charge in [0.15, 0.2) is 0 Å². The number of thioether (sulfide) groups is 1. The molecule has 0 unspecified atom stereocenters. The Morgan fingerprint density at radius 3 is 2.20 bits per heavy atom. The molecule has 15 heavy (non-hydrogen) atoms. The lowest BCUT2D eigenvalue weighted by Gasteiger charge is -2.20. The van der Waals surface area contributed by atoms with Crippen molar-refractivity contribution in [3.05, 3.63) is 0 Å². The molecular formula is C12H27NOS. The topological polar surface area (TPSA) is 23.5 Å². The zero-order chi connectivity index (χ0) is 11.5. The van der Waals surface area contributed by atoms with Crippen molar-refractivity contribution in [1.82, 2.24) is 4.90 Å². The summed E-state index contributed by atoms with van der Waals surface area (Å²) < 4.78 is 0. The summed E-state index contributed by atoms with van der Waals surface area (Å²) in [7, 11) is 0. The molecule has 0 aromatic rings. The molecule has 1 atom stereocenters. The predicted octanol–water partition coefficient (Wildman–Crippen LogP) is 2.47. The van der Waals surface area contributed by atoms with Crippen LogP contribution in [-0.4, -0.2) is 47.8 Å². The molecule has 0 aliphatic carbocycles. The lowest BCUT2D eigenvalue weighted by atomic mass is 10.2. The zero-order valence-electron chi connectivity index (χ0n) is 10.5. The summed E-state index contributed by atoms with van der Waals surface area (Å²) in [6, 6.07) is 0. The summed E-state index contributed by atoms with van der Waals surface area (Å²) in [5.41, 5.74) is 0. The van der Waals surface area contributed by atoms with Crippen LogP contribution in [0.25, 0.3) is 0 Å². The van der Waals surface area contributed by atoms with Crippen molar-refractivity contribution in [1.29, 1.82) is 0 Å². The Balaban J connectivity index is 3.43. The van der Waals surface area contributed by atoms with Gasteiger partial charge in [0.05, 0.1) is 0 Å². The largest absolute Gasteiger partial charge is 0.396 e. The Kier molecular flexibility index (Phi) is 11.0. The number of aliphatic hydroxyl groups excluding tert-OH is 1. The second kappa shape index (κ2) is 10.8. The second-order valence-electron chi connectivity index (χ2n) is 4.20. The van der Waals surface area contributed by atoms with Crippen LogP contribution in [0.2, 0.25) is 0 Å². The average Bonchev–Trinajstić information content (AvgIpc) is 2.24. The van der Waals surface area contributed by atoms with Crippen molar-refractivity contribution in [3.63, 3.8) is 0 Å². The van der Waals surface area contributed by atoms with E-state index in [2.05, 4.69) is 25.7 Å². The van der Waals surface area contributed by atoms with Crippen LogP contribution in [0.5, 0.6) is 0 Å². The molecule has 0 fully saturated rings. The van der Waals surface area contributed by atoms with Crippen molar-refractivity contribution >= 4 is 11.8 Å². The molecule has 1 N–H and O–H groups in total. The quantitative estimate of drug-likeness (QED) is 0.586. The first-order valence-corrected chi connectivity index (χ1v) is 7.31. The summed E-state index contributed by atoms with van der Waals surface area (Å²) in [6.45, 7) is 10.6. The van der Waals surface area contributed by atoms with Crippen LogP contribution in [0, 0.1) is 5.92 Å². The number of rotatable bonds is 10. The molecule has 0 aliphatic heterocycles. The van der Waals surface area contributed by atoms with Gasteiger partial charge in [-0.2, -0.15) is 11.8 Å². The maximum Gasteiger partial charge on any atom is 0.0464 e. The Hall–Kier alpha value is 0.270. The molecule has 3 heteroatoms. The summed E-state index contributed by atoms with van der Waals surface area (Å²) in [5.74, 6) is 2.73. The van der Waals surface area contributed by atoms with Crippen LogP contribution in [0.3, 0.4) is 0 Å². The zero-order valence-corrected chi connectivity index (χ0v) is 11.4. The summed E-state index contributed by atoms with van der Waals surface area (Å²) in [5, 5.41) is 8.89. The normalized spacial score (nSPS) is 13.4. The minimum Gasteiger partial charge on any atom is -0.396 e. The number of hydrogen-bond donors (Lipinski definition) is 1. The smallest absolute Gasteiger partial charge is 0.0464 e. The van der Waals surface area contributed by atoms with Crippen LogP contribution in [-0.2, 0) is 0 Å². The van der Waals surface area contributed by atoms with Gasteiger partial charge in [-0.1, -0.05) is 20.8 Å². The van der Waals surface area contributed by atoms with Crippen LogP contribution in [0.4, 0.5) is 0 Å². The van der Waals surface area contributed by atoms with E-state index in [4.69, 9.17) is 5.11 Å². The van der Waals surface area contributed by atoms with Crippen LogP contribution < -0.4 is 0 Å². The van der Waals surface area contributed by atoms with Crippen LogP contribution >= 0.6 is 11.8 Å². The van der Waals surface area contributed by atoms with Gasteiger partial charge in [-0.3, -0.25) is 0 Å². The minimum absolute atomic E-state index is 0.320. The lowest BCUT2D eigenvalue weighted by Crippen LogP contribution is -2.28. The third-order valence-corrected chi connectivity index (χ3v) is 3.62. The summed E-state index contributed by atoms with van der Waals surface area (Å²) >= 11 is 1.96. The van der Waals surface area contributed by atoms with E-state index in [0.717, 1.165) is 5.75 Å². The molecule has 0 radical (unpaired) electrons. The first-order chi connectivity index (χ1) is 7.24. The third-order valence-electron chi connectivity index (χ3n) is 2.35. The van der Waals surface area contributed by atoms with Crippen LogP contribution in [0.1, 0.15) is 33.6 Å². The van der Waals surface area contributed by atoms with Gasteiger partial charge >= 0.3 is 0 Å². The highest BCUT2D eigenvalue weighted by Crippen LogP contribution is 2.08. The molecule has 0 bridgehead atoms. The van der Waals surface area contributed by atoms with Gasteiger partial charge in [0.2, 0.25) is 0 Å². The van der Waals surface area contributed by atoms with E-state index in [1.165, 1.54) is 38.2 Å². The molecule has 0 amide bonds. The van der Waals surface area contributed by atoms with Gasteiger partial charge in [-0.25, -0.2) is 0 Å². The molecule has 0 aromatic heterocycles. The van der Waals surface area contributed by atoms with Gasteiger partial charge in [-0.05, 0) is 37.6 Å². The second-order valence-corrected chi connectivity index (χ2v) is 5.35. The highest BCUT2D eigenvalue weighted by molar-refractivity contribution is 7.99. The van der Waals surface area contributed by atoms with Gasteiger partial charge in [0.1, 0.15) is 0 Å². The molecule has 0 rings (SSSR count). The van der Waals surface area contributed by atoms with Gasteiger partial charge < -0.3 is 10.0 Å². The highest BCUT2D eigenvalue weighted by Gasteiger charge is 2.03. The van der Waals surface area contributed by atoms with E-state index in [-0.39, 0.29) is 0 Å². The molecule has 0 aliphatic rings. The Morgan fingerprint density at radius 1 is 1.13 bits per heavy atom. The van der Waals surface area contributed by atoms with E-state index < -0.39 is 0 Å². The fourth-order valence-corrected chi connectivity index (χ4v) is 2.56. The SMILES string of the molecule is CCCN(CCC)CCSC[C@H](C)CO. The predicted molar refractivity (Wildman–Crippen MR) is 70.6 cm³/mol. The van der Waals surface area contributed by atoms with Gasteiger partial charge in [0.25, 0.3) is 0 Å². The first-order valence-electron chi connectivity index (χ1n) is 6.15. The highest BCUT2D eigenvalue weighted by atomic mass is 32.2. The fourth-order valence-electron chi connectivity index (χ4n) is 1.50. The van der Waals surface area contributed by atoms with E-state index >= 15 is 0 Å². The molecule has 0 heterocycles. The van der Waals surface area contributed by atoms with E-state index in [1.54, 1.807) is 0 Å². The first kappa shape index (κ1) is 15.3. The Labute approximate surface area is 99.4 Å². The number of aliphatic hydroxyl groups is 1. The van der Waals surface area contributed by atoms with Gasteiger partial charge in [-0.15, -0.1) is 0 Å². The van der Waals surface area contributed by atoms with E-state index in [0.29, 0.717) is 12.5 Å². The van der Waals surface area contributed by atoms with E-state index in [1.807, 2.05) is 11.8 Å². The monoisotopic (exact) mass is 233 g/mol. The molecule has 0 spiro atoms. The van der Waals surface area contributed by atoms with Crippen molar-refractivity contribution in [2.24, 2.45) is 5.92 Å². The molecule has 2 nitrogen and oxygen atoms in total. The number of hydrogen-bond acceptors (Lipinski definition) is 3. The third kappa shape index (κ3) is 9.21. The van der Waals surface area contributed by atoms with E-state index in [9.17, 15) is 0 Å².